The fourth-order valence-corrected chi connectivity index (χ4v) is 6.56. The van der Waals surface area contributed by atoms with Crippen molar-refractivity contribution in [1.29, 1.82) is 0 Å². The van der Waals surface area contributed by atoms with Crippen molar-refractivity contribution in [2.75, 3.05) is 13.1 Å². The van der Waals surface area contributed by atoms with Crippen molar-refractivity contribution in [1.82, 2.24) is 25.9 Å². The van der Waals surface area contributed by atoms with E-state index < -0.39 is 10.0 Å². The predicted molar refractivity (Wildman–Crippen MR) is 131 cm³/mol. The van der Waals surface area contributed by atoms with Gasteiger partial charge in [0.15, 0.2) is 0 Å². The molecule has 0 radical (unpaired) electrons. The highest BCUT2D eigenvalue weighted by molar-refractivity contribution is 7.89. The zero-order valence-electron chi connectivity index (χ0n) is 19.5. The number of H-pyrrole nitrogens is 1. The van der Waals surface area contributed by atoms with Crippen LogP contribution in [-0.4, -0.2) is 42.1 Å². The monoisotopic (exact) mass is 480 g/mol. The highest BCUT2D eigenvalue weighted by Crippen LogP contribution is 2.40. The number of hydrogen-bond acceptors (Lipinski definition) is 6. The summed E-state index contributed by atoms with van der Waals surface area (Å²) >= 11 is 0. The molecule has 1 aliphatic heterocycles. The van der Waals surface area contributed by atoms with Gasteiger partial charge in [0, 0.05) is 6.54 Å². The van der Waals surface area contributed by atoms with Crippen LogP contribution in [0.4, 0.5) is 0 Å². The summed E-state index contributed by atoms with van der Waals surface area (Å²) in [5.41, 5.74) is 4.08. The van der Waals surface area contributed by atoms with Gasteiger partial charge in [-0.05, 0) is 77.4 Å². The molecule has 2 aliphatic rings. The van der Waals surface area contributed by atoms with Crippen molar-refractivity contribution in [3.05, 3.63) is 47.5 Å². The maximum atomic E-state index is 13.0. The molecule has 2 fully saturated rings. The van der Waals surface area contributed by atoms with Gasteiger partial charge in [-0.15, -0.1) is 10.2 Å². The van der Waals surface area contributed by atoms with E-state index in [0.717, 1.165) is 55.0 Å². The molecule has 1 aromatic heterocycles. The number of nitrogens with two attached hydrogens (primary N) is 1. The minimum absolute atomic E-state index is 0.120. The number of hydrogen-bond donors (Lipinski definition) is 3. The molecule has 1 unspecified atom stereocenters. The molecule has 2 heterocycles. The van der Waals surface area contributed by atoms with E-state index in [9.17, 15) is 8.42 Å². The highest BCUT2D eigenvalue weighted by atomic mass is 32.2. The maximum Gasteiger partial charge on any atom is 0.239 e. The standard InChI is InChI=1S/C25H32N6O2S/c1-16-2-4-17(5-3-16)14-20-10-11-22(19-8-6-18(7-9-19)21-12-13-27-15-21)23(24(20)34(26,32)33)25-28-30-31-29-25/h6-11,16-17,21,27H,2-5,12-15H2,1H3,(H2,26,32,33)(H,28,29,30,31). The molecule has 0 amide bonds. The maximum absolute atomic E-state index is 13.0. The summed E-state index contributed by atoms with van der Waals surface area (Å²) in [5.74, 6) is 1.92. The van der Waals surface area contributed by atoms with Crippen LogP contribution in [0.15, 0.2) is 41.3 Å². The number of rotatable bonds is 6. The molecule has 4 N–H and O–H groups in total. The van der Waals surface area contributed by atoms with Crippen molar-refractivity contribution >= 4 is 10.0 Å². The average molecular weight is 481 g/mol. The second kappa shape index (κ2) is 9.56. The number of primary sulfonamides is 1. The van der Waals surface area contributed by atoms with E-state index >= 15 is 0 Å². The Morgan fingerprint density at radius 1 is 1.03 bits per heavy atom. The van der Waals surface area contributed by atoms with Gasteiger partial charge in [-0.25, -0.2) is 13.6 Å². The smallest absolute Gasteiger partial charge is 0.239 e. The molecule has 2 aromatic carbocycles. The van der Waals surface area contributed by atoms with E-state index in [-0.39, 0.29) is 10.7 Å². The van der Waals surface area contributed by atoms with Crippen LogP contribution in [0.25, 0.3) is 22.5 Å². The number of tetrazole rings is 1. The molecular formula is C25H32N6O2S. The predicted octanol–water partition coefficient (Wildman–Crippen LogP) is 3.63. The first-order chi connectivity index (χ1) is 16.4. The van der Waals surface area contributed by atoms with Crippen molar-refractivity contribution < 1.29 is 8.42 Å². The molecule has 0 bridgehead atoms. The number of nitrogens with zero attached hydrogens (tertiary/aromatic N) is 3. The third kappa shape index (κ3) is 4.78. The van der Waals surface area contributed by atoms with Crippen LogP contribution in [-0.2, 0) is 16.4 Å². The Balaban J connectivity index is 1.59. The van der Waals surface area contributed by atoms with Crippen LogP contribution in [0.3, 0.4) is 0 Å². The first kappa shape index (κ1) is 23.1. The van der Waals surface area contributed by atoms with Gasteiger partial charge in [-0.2, -0.15) is 5.21 Å². The first-order valence-corrected chi connectivity index (χ1v) is 13.7. The summed E-state index contributed by atoms with van der Waals surface area (Å²) in [7, 11) is -4.03. The van der Waals surface area contributed by atoms with Gasteiger partial charge in [0.1, 0.15) is 0 Å². The van der Waals surface area contributed by atoms with Gasteiger partial charge >= 0.3 is 0 Å². The average Bonchev–Trinajstić information content (AvgIpc) is 3.54. The number of sulfonamides is 1. The second-order valence-electron chi connectivity index (χ2n) is 9.90. The molecule has 1 saturated heterocycles. The lowest BCUT2D eigenvalue weighted by Crippen LogP contribution is -2.20. The Bertz CT molecular complexity index is 1230. The van der Waals surface area contributed by atoms with Crippen LogP contribution in [0, 0.1) is 11.8 Å². The summed E-state index contributed by atoms with van der Waals surface area (Å²) < 4.78 is 25.9. The molecule has 1 saturated carbocycles. The molecule has 5 rings (SSSR count). The lowest BCUT2D eigenvalue weighted by atomic mass is 9.79. The molecule has 8 nitrogen and oxygen atoms in total. The van der Waals surface area contributed by atoms with Crippen molar-refractivity contribution in [3.8, 4) is 22.5 Å². The number of aromatic nitrogens is 4. The van der Waals surface area contributed by atoms with Crippen LogP contribution in [0.1, 0.15) is 56.1 Å². The summed E-state index contributed by atoms with van der Waals surface area (Å²) in [6.45, 7) is 4.30. The van der Waals surface area contributed by atoms with Gasteiger partial charge in [0.2, 0.25) is 15.8 Å². The summed E-state index contributed by atoms with van der Waals surface area (Å²) in [6.07, 6.45) is 6.35. The largest absolute Gasteiger partial charge is 0.316 e. The SMILES string of the molecule is CC1CCC(Cc2ccc(-c3ccc(C4CCNC4)cc3)c(-c3nn[nH]n3)c2S(N)(=O)=O)CC1. The minimum Gasteiger partial charge on any atom is -0.316 e. The fraction of sp³-hybridized carbons (Fsp3) is 0.480. The number of benzene rings is 2. The zero-order chi connectivity index (χ0) is 23.7. The molecule has 9 heteroatoms. The van der Waals surface area contributed by atoms with E-state index in [2.05, 4.69) is 45.0 Å². The van der Waals surface area contributed by atoms with E-state index in [1.807, 2.05) is 24.3 Å². The lowest BCUT2D eigenvalue weighted by molar-refractivity contribution is 0.288. The van der Waals surface area contributed by atoms with E-state index in [1.54, 1.807) is 0 Å². The van der Waals surface area contributed by atoms with E-state index in [1.165, 1.54) is 18.4 Å². The van der Waals surface area contributed by atoms with Crippen LogP contribution < -0.4 is 10.5 Å². The van der Waals surface area contributed by atoms with E-state index in [0.29, 0.717) is 23.8 Å². The van der Waals surface area contributed by atoms with Gasteiger partial charge in [0.25, 0.3) is 0 Å². The lowest BCUT2D eigenvalue weighted by Gasteiger charge is -2.27. The Morgan fingerprint density at radius 3 is 2.41 bits per heavy atom. The molecule has 1 atom stereocenters. The summed E-state index contributed by atoms with van der Waals surface area (Å²) in [5, 5.41) is 23.7. The fourth-order valence-electron chi connectivity index (χ4n) is 5.56. The molecule has 1 aliphatic carbocycles. The highest BCUT2D eigenvalue weighted by Gasteiger charge is 2.28. The van der Waals surface area contributed by atoms with E-state index in [4.69, 9.17) is 5.14 Å². The first-order valence-electron chi connectivity index (χ1n) is 12.1. The molecule has 3 aromatic rings. The van der Waals surface area contributed by atoms with Crippen molar-refractivity contribution in [2.24, 2.45) is 17.0 Å². The Kier molecular flexibility index (Phi) is 6.50. The Morgan fingerprint density at radius 2 is 1.79 bits per heavy atom. The van der Waals surface area contributed by atoms with Crippen LogP contribution in [0.5, 0.6) is 0 Å². The molecule has 0 spiro atoms. The zero-order valence-corrected chi connectivity index (χ0v) is 20.3. The Labute approximate surface area is 200 Å². The summed E-state index contributed by atoms with van der Waals surface area (Å²) in [4.78, 5) is 0.120. The number of nitrogens with one attached hydrogen (secondary N) is 2. The van der Waals surface area contributed by atoms with Gasteiger partial charge in [0.05, 0.1) is 10.5 Å². The van der Waals surface area contributed by atoms with Gasteiger partial charge in [-0.3, -0.25) is 0 Å². The van der Waals surface area contributed by atoms with Crippen molar-refractivity contribution in [2.45, 2.75) is 56.3 Å². The molecule has 34 heavy (non-hydrogen) atoms. The normalized spacial score (nSPS) is 23.3. The van der Waals surface area contributed by atoms with Crippen LogP contribution >= 0.6 is 0 Å². The summed E-state index contributed by atoms with van der Waals surface area (Å²) in [6, 6.07) is 12.2. The van der Waals surface area contributed by atoms with Crippen molar-refractivity contribution in [3.63, 3.8) is 0 Å². The second-order valence-corrected chi connectivity index (χ2v) is 11.4. The third-order valence-electron chi connectivity index (χ3n) is 7.49. The van der Waals surface area contributed by atoms with Gasteiger partial charge < -0.3 is 5.32 Å². The van der Waals surface area contributed by atoms with Gasteiger partial charge in [-0.1, -0.05) is 56.2 Å². The molecule has 180 valence electrons. The third-order valence-corrected chi connectivity index (χ3v) is 8.53. The molecular weight excluding hydrogens is 448 g/mol. The van der Waals surface area contributed by atoms with Crippen LogP contribution in [0.2, 0.25) is 0 Å². The number of aromatic amines is 1. The quantitative estimate of drug-likeness (QED) is 0.494. The topological polar surface area (TPSA) is 127 Å². The minimum atomic E-state index is -4.03. The Hall–Kier alpha value is -2.62.